The van der Waals surface area contributed by atoms with Gasteiger partial charge in [0.05, 0.1) is 26.4 Å². The molecule has 3 N–H and O–H groups in total. The second kappa shape index (κ2) is 66.9. The van der Waals surface area contributed by atoms with E-state index in [9.17, 15) is 43.2 Å². The van der Waals surface area contributed by atoms with E-state index >= 15 is 0 Å². The molecule has 0 aliphatic carbocycles. The van der Waals surface area contributed by atoms with Gasteiger partial charge in [-0.25, -0.2) is 9.13 Å². The molecule has 0 saturated carbocycles. The Labute approximate surface area is 575 Å². The van der Waals surface area contributed by atoms with Crippen LogP contribution in [0.4, 0.5) is 0 Å². The number of phosphoric ester groups is 2. The van der Waals surface area contributed by atoms with Crippen LogP contribution < -0.4 is 0 Å². The van der Waals surface area contributed by atoms with Crippen LogP contribution in [-0.4, -0.2) is 96.7 Å². The number of unbranched alkanes of at least 4 members (excludes halogenated alkanes) is 43. The standard InChI is InChI=1S/C75H146O17P2/c1-7-10-12-14-16-18-20-21-22-23-24-25-26-29-34-41-47-53-59-74(79)91-70(63-86-73(78)58-52-46-40-33-30-27-28-31-37-43-49-55-67(4)5)65-89-93(81,82)87-61-69(76)62-88-94(83,84)90-66-71(64-85-72(77)57-51-45-39-32-19-17-15-13-11-8-2)92-75(80)60-54-48-42-36-35-38-44-50-56-68(6)9-3/h67-71,76H,7-66H2,1-6H3,(H,81,82)(H,83,84)/t68?,69-,70-,71-/m1/s1. The molecular formula is C75H146O17P2. The lowest BCUT2D eigenvalue weighted by atomic mass is 9.99. The summed E-state index contributed by atoms with van der Waals surface area (Å²) in [5.41, 5.74) is 0. The number of hydrogen-bond acceptors (Lipinski definition) is 15. The van der Waals surface area contributed by atoms with Crippen LogP contribution in [0.25, 0.3) is 0 Å². The summed E-state index contributed by atoms with van der Waals surface area (Å²) in [6.45, 7) is 9.58. The second-order valence-corrected chi connectivity index (χ2v) is 30.7. The highest BCUT2D eigenvalue weighted by Gasteiger charge is 2.30. The number of phosphoric acid groups is 2. The number of aliphatic hydroxyl groups excluding tert-OH is 1. The number of carbonyl (C=O) groups excluding carboxylic acids is 4. The van der Waals surface area contributed by atoms with E-state index in [0.717, 1.165) is 102 Å². The van der Waals surface area contributed by atoms with Crippen molar-refractivity contribution in [3.05, 3.63) is 0 Å². The number of carbonyl (C=O) groups is 4. The highest BCUT2D eigenvalue weighted by atomic mass is 31.2. The van der Waals surface area contributed by atoms with Crippen LogP contribution in [0.15, 0.2) is 0 Å². The van der Waals surface area contributed by atoms with Crippen LogP contribution in [-0.2, 0) is 65.4 Å². The zero-order valence-electron chi connectivity index (χ0n) is 61.3. The number of hydrogen-bond donors (Lipinski definition) is 3. The Kier molecular flexibility index (Phi) is 65.5. The molecule has 6 atom stereocenters. The summed E-state index contributed by atoms with van der Waals surface area (Å²) in [6, 6.07) is 0. The van der Waals surface area contributed by atoms with Gasteiger partial charge in [0.2, 0.25) is 0 Å². The van der Waals surface area contributed by atoms with Gasteiger partial charge in [0.25, 0.3) is 0 Å². The summed E-state index contributed by atoms with van der Waals surface area (Å²) in [5.74, 6) is -0.577. The molecule has 3 unspecified atom stereocenters. The summed E-state index contributed by atoms with van der Waals surface area (Å²) in [7, 11) is -9.91. The topological polar surface area (TPSA) is 237 Å². The van der Waals surface area contributed by atoms with Crippen molar-refractivity contribution < 1.29 is 80.2 Å². The Bertz CT molecular complexity index is 1820. The molecule has 0 fully saturated rings. The van der Waals surface area contributed by atoms with E-state index in [1.807, 2.05) is 0 Å². The van der Waals surface area contributed by atoms with Crippen molar-refractivity contribution >= 4 is 39.5 Å². The van der Waals surface area contributed by atoms with Gasteiger partial charge in [0, 0.05) is 25.7 Å². The third-order valence-corrected chi connectivity index (χ3v) is 19.7. The predicted molar refractivity (Wildman–Crippen MR) is 381 cm³/mol. The van der Waals surface area contributed by atoms with Gasteiger partial charge in [0.1, 0.15) is 19.3 Å². The number of rotatable bonds is 74. The SMILES string of the molecule is CCCCCCCCCCCCCCCCCCCCC(=O)O[C@H](COC(=O)CCCCCCCCCCCCCC(C)C)COP(=O)(O)OC[C@@H](O)COP(=O)(O)OC[C@@H](COC(=O)CCCCCCCCCCCC)OC(=O)CCCCCCCCCCC(C)CC. The maximum atomic E-state index is 13.1. The molecule has 0 radical (unpaired) electrons. The first-order valence-corrected chi connectivity index (χ1v) is 42.0. The molecule has 0 aliphatic rings. The Morgan fingerprint density at radius 1 is 0.309 bits per heavy atom. The number of aliphatic hydroxyl groups is 1. The number of esters is 4. The first-order valence-electron chi connectivity index (χ1n) is 39.0. The molecule has 0 saturated heterocycles. The summed E-state index contributed by atoms with van der Waals surface area (Å²) < 4.78 is 68.5. The molecule has 94 heavy (non-hydrogen) atoms. The maximum Gasteiger partial charge on any atom is 0.472 e. The van der Waals surface area contributed by atoms with Gasteiger partial charge in [0.15, 0.2) is 12.2 Å². The van der Waals surface area contributed by atoms with Crippen molar-refractivity contribution in [2.75, 3.05) is 39.6 Å². The van der Waals surface area contributed by atoms with Crippen LogP contribution in [0.1, 0.15) is 388 Å². The van der Waals surface area contributed by atoms with Crippen molar-refractivity contribution in [2.45, 2.75) is 407 Å². The number of ether oxygens (including phenoxy) is 4. The lowest BCUT2D eigenvalue weighted by Gasteiger charge is -2.21. The molecule has 0 spiro atoms. The minimum Gasteiger partial charge on any atom is -0.462 e. The van der Waals surface area contributed by atoms with E-state index in [1.54, 1.807) is 0 Å². The highest BCUT2D eigenvalue weighted by molar-refractivity contribution is 7.47. The van der Waals surface area contributed by atoms with Gasteiger partial charge in [-0.05, 0) is 37.5 Å². The van der Waals surface area contributed by atoms with Crippen molar-refractivity contribution in [1.82, 2.24) is 0 Å². The zero-order valence-corrected chi connectivity index (χ0v) is 63.1. The first kappa shape index (κ1) is 92.1. The maximum absolute atomic E-state index is 13.1. The molecule has 17 nitrogen and oxygen atoms in total. The molecular weight excluding hydrogens is 1230 g/mol. The molecule has 0 aliphatic heterocycles. The third kappa shape index (κ3) is 67.3. The highest BCUT2D eigenvalue weighted by Crippen LogP contribution is 2.45. The van der Waals surface area contributed by atoms with Gasteiger partial charge >= 0.3 is 39.5 Å². The Morgan fingerprint density at radius 3 is 0.809 bits per heavy atom. The van der Waals surface area contributed by atoms with Crippen molar-refractivity contribution in [3.8, 4) is 0 Å². The molecule has 558 valence electrons. The average Bonchev–Trinajstić information content (AvgIpc) is 2.71. The van der Waals surface area contributed by atoms with Gasteiger partial charge in [-0.3, -0.25) is 37.3 Å². The van der Waals surface area contributed by atoms with E-state index < -0.39 is 97.5 Å². The fourth-order valence-corrected chi connectivity index (χ4v) is 13.0. The third-order valence-electron chi connectivity index (χ3n) is 17.8. The second-order valence-electron chi connectivity index (χ2n) is 27.8. The quantitative estimate of drug-likeness (QED) is 0.0222. The summed E-state index contributed by atoms with van der Waals surface area (Å²) in [5, 5.41) is 10.6. The minimum atomic E-state index is -4.96. The van der Waals surface area contributed by atoms with Crippen molar-refractivity contribution in [1.29, 1.82) is 0 Å². The Balaban J connectivity index is 5.24. The Hall–Kier alpha value is -1.94. The normalized spacial score (nSPS) is 14.3. The molecule has 0 bridgehead atoms. The molecule has 0 aromatic rings. The van der Waals surface area contributed by atoms with E-state index in [2.05, 4.69) is 41.5 Å². The average molecular weight is 1380 g/mol. The molecule has 0 rings (SSSR count). The molecule has 0 amide bonds. The van der Waals surface area contributed by atoms with Crippen LogP contribution in [0, 0.1) is 11.8 Å². The van der Waals surface area contributed by atoms with Gasteiger partial charge < -0.3 is 33.8 Å². The summed E-state index contributed by atoms with van der Waals surface area (Å²) in [6.07, 6.45) is 54.0. The lowest BCUT2D eigenvalue weighted by molar-refractivity contribution is -0.161. The smallest absolute Gasteiger partial charge is 0.462 e. The largest absolute Gasteiger partial charge is 0.472 e. The molecule has 0 aromatic carbocycles. The molecule has 0 heterocycles. The molecule has 0 aromatic heterocycles. The fourth-order valence-electron chi connectivity index (χ4n) is 11.4. The van der Waals surface area contributed by atoms with Crippen molar-refractivity contribution in [3.63, 3.8) is 0 Å². The lowest BCUT2D eigenvalue weighted by Crippen LogP contribution is -2.30. The predicted octanol–water partition coefficient (Wildman–Crippen LogP) is 21.9. The van der Waals surface area contributed by atoms with Crippen LogP contribution >= 0.6 is 15.6 Å². The Morgan fingerprint density at radius 2 is 0.543 bits per heavy atom. The van der Waals surface area contributed by atoms with Crippen molar-refractivity contribution in [2.24, 2.45) is 11.8 Å². The van der Waals surface area contributed by atoms with E-state index in [0.29, 0.717) is 25.7 Å². The molecule has 19 heteroatoms. The first-order chi connectivity index (χ1) is 45.4. The van der Waals surface area contributed by atoms with Crippen LogP contribution in [0.5, 0.6) is 0 Å². The monoisotopic (exact) mass is 1380 g/mol. The van der Waals surface area contributed by atoms with Gasteiger partial charge in [-0.2, -0.15) is 0 Å². The fraction of sp³-hybridized carbons (Fsp3) is 0.947. The summed E-state index contributed by atoms with van der Waals surface area (Å²) >= 11 is 0. The van der Waals surface area contributed by atoms with E-state index in [1.165, 1.54) is 205 Å². The minimum absolute atomic E-state index is 0.105. The van der Waals surface area contributed by atoms with E-state index in [4.69, 9.17) is 37.0 Å². The summed E-state index contributed by atoms with van der Waals surface area (Å²) in [4.78, 5) is 72.8. The van der Waals surface area contributed by atoms with Crippen LogP contribution in [0.2, 0.25) is 0 Å². The van der Waals surface area contributed by atoms with Gasteiger partial charge in [-0.15, -0.1) is 0 Å². The van der Waals surface area contributed by atoms with Gasteiger partial charge in [-0.1, -0.05) is 337 Å². The zero-order chi connectivity index (χ0) is 69.3. The van der Waals surface area contributed by atoms with Crippen LogP contribution in [0.3, 0.4) is 0 Å². The van der Waals surface area contributed by atoms with E-state index in [-0.39, 0.29) is 25.7 Å².